The van der Waals surface area contributed by atoms with Gasteiger partial charge >= 0.3 is 0 Å². The van der Waals surface area contributed by atoms with E-state index in [1.165, 1.54) is 0 Å². The van der Waals surface area contributed by atoms with Gasteiger partial charge in [-0.15, -0.1) is 0 Å². The van der Waals surface area contributed by atoms with Gasteiger partial charge in [-0.25, -0.2) is 0 Å². The maximum atomic E-state index is 12.6. The second kappa shape index (κ2) is 6.92. The first-order chi connectivity index (χ1) is 12.2. The molecule has 0 bridgehead atoms. The third-order valence-corrected chi connectivity index (χ3v) is 5.32. The molecule has 1 atom stereocenters. The van der Waals surface area contributed by atoms with E-state index in [4.69, 9.17) is 4.42 Å². The second-order valence-electron chi connectivity index (χ2n) is 6.98. The average Bonchev–Trinajstić information content (AvgIpc) is 3.12. The summed E-state index contributed by atoms with van der Waals surface area (Å²) in [5, 5.41) is 12.8. The van der Waals surface area contributed by atoms with Gasteiger partial charge in [-0.1, -0.05) is 0 Å². The Labute approximate surface area is 147 Å². The van der Waals surface area contributed by atoms with Gasteiger partial charge in [0.05, 0.1) is 18.4 Å². The van der Waals surface area contributed by atoms with Crippen molar-refractivity contribution >= 4 is 11.6 Å². The molecule has 1 unspecified atom stereocenters. The third kappa shape index (κ3) is 3.42. The van der Waals surface area contributed by atoms with E-state index < -0.39 is 0 Å². The van der Waals surface area contributed by atoms with E-state index in [-0.39, 0.29) is 18.1 Å². The van der Waals surface area contributed by atoms with Crippen molar-refractivity contribution in [2.75, 3.05) is 18.0 Å². The van der Waals surface area contributed by atoms with Crippen molar-refractivity contribution in [2.24, 2.45) is 0 Å². The fourth-order valence-corrected chi connectivity index (χ4v) is 3.83. The van der Waals surface area contributed by atoms with Gasteiger partial charge in [-0.2, -0.15) is 0 Å². The molecule has 2 N–H and O–H groups in total. The predicted octanol–water partition coefficient (Wildman–Crippen LogP) is 3.05. The molecule has 1 aliphatic carbocycles. The number of nitrogens with one attached hydrogen (secondary N) is 1. The monoisotopic (exact) mass is 340 g/mol. The largest absolute Gasteiger partial charge is 0.469 e. The molecule has 1 fully saturated rings. The molecule has 2 heterocycles. The van der Waals surface area contributed by atoms with Gasteiger partial charge < -0.3 is 19.7 Å². The number of furan rings is 1. The summed E-state index contributed by atoms with van der Waals surface area (Å²) >= 11 is 0. The van der Waals surface area contributed by atoms with E-state index in [0.717, 1.165) is 62.2 Å². The van der Waals surface area contributed by atoms with Gasteiger partial charge in [-0.3, -0.25) is 4.79 Å². The fourth-order valence-electron chi connectivity index (χ4n) is 3.83. The zero-order chi connectivity index (χ0) is 17.2. The number of hydrogen-bond donors (Lipinski definition) is 2. The Bertz CT molecular complexity index is 730. The van der Waals surface area contributed by atoms with Gasteiger partial charge in [0, 0.05) is 36.3 Å². The molecule has 0 radical (unpaired) electrons. The van der Waals surface area contributed by atoms with Crippen molar-refractivity contribution in [2.45, 2.75) is 44.2 Å². The molecule has 1 amide bonds. The number of amides is 1. The lowest BCUT2D eigenvalue weighted by Gasteiger charge is -2.31. The Balaban J connectivity index is 1.41. The molecule has 5 heteroatoms. The quantitative estimate of drug-likeness (QED) is 0.901. The van der Waals surface area contributed by atoms with Crippen molar-refractivity contribution in [1.29, 1.82) is 0 Å². The number of aryl methyl sites for hydroxylation is 1. The number of hydrogen-bond acceptors (Lipinski definition) is 4. The molecular weight excluding hydrogens is 316 g/mol. The number of carbonyl (C=O) groups is 1. The SMILES string of the molecule is O=C(NC1CCCc2occc21)c1ccc(N2CCC(O)CC2)cc1. The smallest absolute Gasteiger partial charge is 0.251 e. The highest BCUT2D eigenvalue weighted by atomic mass is 16.3. The first kappa shape index (κ1) is 16.2. The molecule has 2 aromatic rings. The second-order valence-corrected chi connectivity index (χ2v) is 6.98. The minimum atomic E-state index is -0.176. The van der Waals surface area contributed by atoms with Crippen LogP contribution >= 0.6 is 0 Å². The lowest BCUT2D eigenvalue weighted by atomic mass is 9.93. The molecule has 1 aromatic heterocycles. The molecule has 1 saturated heterocycles. The van der Waals surface area contributed by atoms with Crippen molar-refractivity contribution in [3.8, 4) is 0 Å². The van der Waals surface area contributed by atoms with Crippen LogP contribution in [-0.4, -0.2) is 30.2 Å². The number of benzene rings is 1. The molecule has 25 heavy (non-hydrogen) atoms. The molecule has 0 spiro atoms. The molecule has 5 nitrogen and oxygen atoms in total. The fraction of sp³-hybridized carbons (Fsp3) is 0.450. The zero-order valence-corrected chi connectivity index (χ0v) is 14.3. The summed E-state index contributed by atoms with van der Waals surface area (Å²) < 4.78 is 5.49. The van der Waals surface area contributed by atoms with Crippen LogP contribution in [-0.2, 0) is 6.42 Å². The van der Waals surface area contributed by atoms with Crippen LogP contribution in [0.2, 0.25) is 0 Å². The van der Waals surface area contributed by atoms with E-state index in [2.05, 4.69) is 10.2 Å². The lowest BCUT2D eigenvalue weighted by molar-refractivity contribution is 0.0932. The summed E-state index contributed by atoms with van der Waals surface area (Å²) in [6.45, 7) is 1.72. The van der Waals surface area contributed by atoms with E-state index in [1.807, 2.05) is 30.3 Å². The number of carbonyl (C=O) groups excluding carboxylic acids is 1. The normalized spacial score (nSPS) is 21.0. The first-order valence-corrected chi connectivity index (χ1v) is 9.11. The van der Waals surface area contributed by atoms with Gasteiger partial charge in [-0.05, 0) is 56.0 Å². The minimum Gasteiger partial charge on any atom is -0.469 e. The lowest BCUT2D eigenvalue weighted by Crippen LogP contribution is -2.35. The molecule has 4 rings (SSSR count). The number of aliphatic hydroxyl groups is 1. The van der Waals surface area contributed by atoms with Crippen molar-refractivity contribution in [3.05, 3.63) is 53.5 Å². The van der Waals surface area contributed by atoms with Crippen LogP contribution in [0.3, 0.4) is 0 Å². The topological polar surface area (TPSA) is 65.7 Å². The number of rotatable bonds is 3. The Hall–Kier alpha value is -2.27. The van der Waals surface area contributed by atoms with Crippen molar-refractivity contribution in [3.63, 3.8) is 0 Å². The maximum absolute atomic E-state index is 12.6. The average molecular weight is 340 g/mol. The van der Waals surface area contributed by atoms with Gasteiger partial charge in [0.15, 0.2) is 0 Å². The number of nitrogens with zero attached hydrogens (tertiary/aromatic N) is 1. The van der Waals surface area contributed by atoms with E-state index in [1.54, 1.807) is 6.26 Å². The minimum absolute atomic E-state index is 0.0401. The Morgan fingerprint density at radius 1 is 1.12 bits per heavy atom. The summed E-state index contributed by atoms with van der Waals surface area (Å²) in [5.41, 5.74) is 2.90. The van der Waals surface area contributed by atoms with E-state index >= 15 is 0 Å². The van der Waals surface area contributed by atoms with Crippen LogP contribution in [0.25, 0.3) is 0 Å². The van der Waals surface area contributed by atoms with Crippen molar-refractivity contribution < 1.29 is 14.3 Å². The van der Waals surface area contributed by atoms with Gasteiger partial charge in [0.25, 0.3) is 5.91 Å². The van der Waals surface area contributed by atoms with E-state index in [9.17, 15) is 9.90 Å². The Morgan fingerprint density at radius 3 is 2.64 bits per heavy atom. The highest BCUT2D eigenvalue weighted by Crippen LogP contribution is 2.30. The van der Waals surface area contributed by atoms with Gasteiger partial charge in [0.2, 0.25) is 0 Å². The highest BCUT2D eigenvalue weighted by molar-refractivity contribution is 5.94. The molecule has 2 aliphatic rings. The number of fused-ring (bicyclic) bond motifs is 1. The Kier molecular flexibility index (Phi) is 4.49. The van der Waals surface area contributed by atoms with Crippen LogP contribution in [0.15, 0.2) is 41.0 Å². The molecular formula is C20H24N2O3. The molecule has 1 aromatic carbocycles. The maximum Gasteiger partial charge on any atom is 0.251 e. The summed E-state index contributed by atoms with van der Waals surface area (Å²) in [6.07, 6.45) is 6.07. The summed E-state index contributed by atoms with van der Waals surface area (Å²) in [7, 11) is 0. The van der Waals surface area contributed by atoms with Crippen LogP contribution in [0.1, 0.15) is 53.4 Å². The molecule has 0 saturated carbocycles. The van der Waals surface area contributed by atoms with E-state index in [0.29, 0.717) is 5.56 Å². The van der Waals surface area contributed by atoms with Crippen LogP contribution in [0.4, 0.5) is 5.69 Å². The molecule has 132 valence electrons. The predicted molar refractivity (Wildman–Crippen MR) is 95.7 cm³/mol. The van der Waals surface area contributed by atoms with Crippen LogP contribution in [0, 0.1) is 0 Å². The molecule has 1 aliphatic heterocycles. The number of aliphatic hydroxyl groups excluding tert-OH is 1. The summed E-state index contributed by atoms with van der Waals surface area (Å²) in [4.78, 5) is 14.8. The standard InChI is InChI=1S/C20H24N2O3/c23-16-8-11-22(12-9-16)15-6-4-14(5-7-15)20(24)21-18-2-1-3-19-17(18)10-13-25-19/h4-7,10,13,16,18,23H,1-3,8-9,11-12H2,(H,21,24). The zero-order valence-electron chi connectivity index (χ0n) is 14.3. The number of anilines is 1. The Morgan fingerprint density at radius 2 is 1.88 bits per heavy atom. The van der Waals surface area contributed by atoms with Crippen molar-refractivity contribution in [1.82, 2.24) is 5.32 Å². The number of piperidine rings is 1. The highest BCUT2D eigenvalue weighted by Gasteiger charge is 2.24. The summed E-state index contributed by atoms with van der Waals surface area (Å²) in [6, 6.07) is 9.77. The third-order valence-electron chi connectivity index (χ3n) is 5.32. The van der Waals surface area contributed by atoms with Crippen LogP contribution in [0.5, 0.6) is 0 Å². The van der Waals surface area contributed by atoms with Gasteiger partial charge in [0.1, 0.15) is 5.76 Å². The summed E-state index contributed by atoms with van der Waals surface area (Å²) in [5.74, 6) is 0.957. The first-order valence-electron chi connectivity index (χ1n) is 9.11. The van der Waals surface area contributed by atoms with Crippen LogP contribution < -0.4 is 10.2 Å².